The van der Waals surface area contributed by atoms with Crippen LogP contribution in [0.1, 0.15) is 155 Å². The number of nitrogens with one attached hydrogen (secondary N) is 1. The third kappa shape index (κ3) is 41.4. The van der Waals surface area contributed by atoms with Gasteiger partial charge in [-0.15, -0.1) is 0 Å². The standard InChI is InChI=1S/C52H81NO3/c1-3-5-7-9-11-13-15-17-18-19-20-21-22-23-24-25-26-27-28-29-30-31-32-33-34-36-38-40-42-44-46-48-52(56)53-50(49-54)51(55)47-45-43-41-39-37-35-16-14-12-10-8-6-4-2/h5,7,11-14,17-18,20-21,23-24,26-27,29-30,32-33,36-39,45,47,50-51,54-55H,3-4,6,8-10,15-16,19,22,25,28,31,34-35,40-44,46,48-49H2,1-2H3,(H,53,56)/b7-5-,13-11-,14-12+,18-17-,21-20-,24-23-,27-26-,30-29-,33-32-,38-36-,39-37+,47-45+. The van der Waals surface area contributed by atoms with Crippen molar-refractivity contribution in [3.05, 3.63) is 146 Å². The summed E-state index contributed by atoms with van der Waals surface area (Å²) in [6.45, 7) is 4.10. The Morgan fingerprint density at radius 3 is 1.21 bits per heavy atom. The zero-order chi connectivity index (χ0) is 40.7. The summed E-state index contributed by atoms with van der Waals surface area (Å²) in [6.07, 6.45) is 73.8. The van der Waals surface area contributed by atoms with E-state index in [1.54, 1.807) is 6.08 Å². The van der Waals surface area contributed by atoms with Gasteiger partial charge >= 0.3 is 0 Å². The molecule has 2 unspecified atom stereocenters. The first kappa shape index (κ1) is 52.3. The van der Waals surface area contributed by atoms with Gasteiger partial charge in [-0.05, 0) is 116 Å². The molecule has 1 amide bonds. The minimum absolute atomic E-state index is 0.120. The molecule has 0 aromatic heterocycles. The zero-order valence-electron chi connectivity index (χ0n) is 35.6. The van der Waals surface area contributed by atoms with Gasteiger partial charge in [-0.2, -0.15) is 0 Å². The third-order valence-electron chi connectivity index (χ3n) is 8.78. The number of carbonyl (C=O) groups excluding carboxylic acids is 1. The molecule has 312 valence electrons. The van der Waals surface area contributed by atoms with Crippen LogP contribution in [-0.4, -0.2) is 34.9 Å². The monoisotopic (exact) mass is 768 g/mol. The normalized spacial score (nSPS) is 14.4. The lowest BCUT2D eigenvalue weighted by molar-refractivity contribution is -0.123. The van der Waals surface area contributed by atoms with Gasteiger partial charge in [-0.3, -0.25) is 4.79 Å². The molecule has 0 aromatic rings. The van der Waals surface area contributed by atoms with Crippen LogP contribution in [0.4, 0.5) is 0 Å². The van der Waals surface area contributed by atoms with Crippen LogP contribution in [0.25, 0.3) is 0 Å². The first-order valence-corrected chi connectivity index (χ1v) is 22.0. The number of amides is 1. The van der Waals surface area contributed by atoms with E-state index >= 15 is 0 Å². The van der Waals surface area contributed by atoms with Crippen molar-refractivity contribution in [2.75, 3.05) is 6.61 Å². The fraction of sp³-hybridized carbons (Fsp3) is 0.519. The van der Waals surface area contributed by atoms with Crippen LogP contribution in [0.15, 0.2) is 146 Å². The van der Waals surface area contributed by atoms with Gasteiger partial charge in [0.05, 0.1) is 18.8 Å². The summed E-state index contributed by atoms with van der Waals surface area (Å²) < 4.78 is 0. The molecule has 0 radical (unpaired) electrons. The number of rotatable bonds is 37. The zero-order valence-corrected chi connectivity index (χ0v) is 35.6. The number of unbranched alkanes of at least 4 members (excludes halogenated alkanes) is 8. The summed E-state index contributed by atoms with van der Waals surface area (Å²) in [4.78, 5) is 12.4. The van der Waals surface area contributed by atoms with Crippen LogP contribution in [0.5, 0.6) is 0 Å². The lowest BCUT2D eigenvalue weighted by Gasteiger charge is -2.19. The van der Waals surface area contributed by atoms with Gasteiger partial charge in [0.2, 0.25) is 5.91 Å². The van der Waals surface area contributed by atoms with Gasteiger partial charge in [0.25, 0.3) is 0 Å². The van der Waals surface area contributed by atoms with E-state index in [-0.39, 0.29) is 12.5 Å². The van der Waals surface area contributed by atoms with Crippen molar-refractivity contribution in [2.24, 2.45) is 0 Å². The fourth-order valence-electron chi connectivity index (χ4n) is 5.43. The Morgan fingerprint density at radius 2 is 0.804 bits per heavy atom. The van der Waals surface area contributed by atoms with E-state index in [0.717, 1.165) is 109 Å². The van der Waals surface area contributed by atoms with E-state index in [1.807, 2.05) is 6.08 Å². The molecule has 0 rings (SSSR count). The van der Waals surface area contributed by atoms with Crippen LogP contribution in [-0.2, 0) is 4.79 Å². The topological polar surface area (TPSA) is 69.6 Å². The third-order valence-corrected chi connectivity index (χ3v) is 8.78. The number of hydrogen-bond donors (Lipinski definition) is 3. The van der Waals surface area contributed by atoms with Gasteiger partial charge in [0.1, 0.15) is 0 Å². The second kappa shape index (κ2) is 45.7. The lowest BCUT2D eigenvalue weighted by Crippen LogP contribution is -2.45. The Bertz CT molecular complexity index is 1240. The second-order valence-electron chi connectivity index (χ2n) is 14.0. The van der Waals surface area contributed by atoms with E-state index in [1.165, 1.54) is 25.7 Å². The van der Waals surface area contributed by atoms with E-state index in [9.17, 15) is 15.0 Å². The minimum Gasteiger partial charge on any atom is -0.394 e. The Hall–Kier alpha value is -3.73. The molecule has 56 heavy (non-hydrogen) atoms. The molecule has 0 fully saturated rings. The van der Waals surface area contributed by atoms with Gasteiger partial charge in [0.15, 0.2) is 0 Å². The van der Waals surface area contributed by atoms with Crippen molar-refractivity contribution in [3.63, 3.8) is 0 Å². The predicted molar refractivity (Wildman–Crippen MR) is 248 cm³/mol. The summed E-state index contributed by atoms with van der Waals surface area (Å²) in [6, 6.07) is -0.674. The molecule has 0 saturated heterocycles. The average Bonchev–Trinajstić information content (AvgIpc) is 3.20. The molecular weight excluding hydrogens is 687 g/mol. The van der Waals surface area contributed by atoms with Crippen LogP contribution >= 0.6 is 0 Å². The molecule has 0 aliphatic rings. The maximum atomic E-state index is 12.4. The number of aliphatic hydroxyl groups is 2. The summed E-state index contributed by atoms with van der Waals surface area (Å²) in [5, 5.41) is 22.9. The predicted octanol–water partition coefficient (Wildman–Crippen LogP) is 14.1. The molecule has 0 aromatic carbocycles. The fourth-order valence-corrected chi connectivity index (χ4v) is 5.43. The molecule has 3 N–H and O–H groups in total. The maximum Gasteiger partial charge on any atom is 0.220 e. The van der Waals surface area contributed by atoms with Crippen LogP contribution < -0.4 is 5.32 Å². The van der Waals surface area contributed by atoms with E-state index in [2.05, 4.69) is 153 Å². The molecular formula is C52H81NO3. The summed E-state index contributed by atoms with van der Waals surface area (Å²) in [7, 11) is 0. The van der Waals surface area contributed by atoms with Gasteiger partial charge in [-0.1, -0.05) is 179 Å². The van der Waals surface area contributed by atoms with E-state index < -0.39 is 12.1 Å². The summed E-state index contributed by atoms with van der Waals surface area (Å²) >= 11 is 0. The largest absolute Gasteiger partial charge is 0.394 e. The number of hydrogen-bond acceptors (Lipinski definition) is 3. The highest BCUT2D eigenvalue weighted by atomic mass is 16.3. The first-order chi connectivity index (χ1) is 27.7. The average molecular weight is 768 g/mol. The summed E-state index contributed by atoms with van der Waals surface area (Å²) in [5.74, 6) is -0.120. The van der Waals surface area contributed by atoms with E-state index in [4.69, 9.17) is 0 Å². The highest BCUT2D eigenvalue weighted by Crippen LogP contribution is 2.07. The Kier molecular flexibility index (Phi) is 42.6. The van der Waals surface area contributed by atoms with Crippen molar-refractivity contribution in [3.8, 4) is 0 Å². The van der Waals surface area contributed by atoms with E-state index in [0.29, 0.717) is 6.42 Å². The quantitative estimate of drug-likeness (QED) is 0.0435. The van der Waals surface area contributed by atoms with Gasteiger partial charge < -0.3 is 15.5 Å². The van der Waals surface area contributed by atoms with Crippen molar-refractivity contribution >= 4 is 5.91 Å². The van der Waals surface area contributed by atoms with Gasteiger partial charge in [-0.25, -0.2) is 0 Å². The Morgan fingerprint density at radius 1 is 0.446 bits per heavy atom. The highest BCUT2D eigenvalue weighted by Gasteiger charge is 2.17. The highest BCUT2D eigenvalue weighted by molar-refractivity contribution is 5.76. The molecule has 0 heterocycles. The van der Waals surface area contributed by atoms with Crippen molar-refractivity contribution < 1.29 is 15.0 Å². The Labute approximate surface area is 344 Å². The van der Waals surface area contributed by atoms with Crippen LogP contribution in [0.3, 0.4) is 0 Å². The second-order valence-corrected chi connectivity index (χ2v) is 14.0. The summed E-state index contributed by atoms with van der Waals surface area (Å²) in [5.41, 5.74) is 0. The Balaban J connectivity index is 3.80. The molecule has 0 bridgehead atoms. The molecule has 4 heteroatoms. The molecule has 0 aliphatic carbocycles. The molecule has 2 atom stereocenters. The van der Waals surface area contributed by atoms with Gasteiger partial charge in [0, 0.05) is 6.42 Å². The lowest BCUT2D eigenvalue weighted by atomic mass is 10.1. The number of carbonyl (C=O) groups is 1. The molecule has 0 aliphatic heterocycles. The van der Waals surface area contributed by atoms with Crippen LogP contribution in [0.2, 0.25) is 0 Å². The maximum absolute atomic E-state index is 12.4. The minimum atomic E-state index is -0.894. The number of aliphatic hydroxyl groups excluding tert-OH is 2. The van der Waals surface area contributed by atoms with Crippen LogP contribution in [0, 0.1) is 0 Å². The molecule has 0 spiro atoms. The first-order valence-electron chi connectivity index (χ1n) is 22.0. The SMILES string of the molecule is CC/C=C\C/C=C\C/C=C\C/C=C\C/C=C\C/C=C\C/C=C\C/C=C\C/C=C\CCCCCC(=O)NC(CO)C(O)/C=C/CC/C=C/CC/C=C/CCCCC. The number of allylic oxidation sites excluding steroid dienone is 23. The van der Waals surface area contributed by atoms with Crippen molar-refractivity contribution in [1.29, 1.82) is 0 Å². The molecule has 0 saturated carbocycles. The van der Waals surface area contributed by atoms with Crippen molar-refractivity contribution in [1.82, 2.24) is 5.32 Å². The smallest absolute Gasteiger partial charge is 0.220 e. The van der Waals surface area contributed by atoms with Crippen molar-refractivity contribution in [2.45, 2.75) is 167 Å². The molecule has 4 nitrogen and oxygen atoms in total.